The Kier molecular flexibility index (Phi) is 6.24. The summed E-state index contributed by atoms with van der Waals surface area (Å²) in [7, 11) is -1.78. The molecule has 0 spiro atoms. The Hall–Kier alpha value is -1.74. The predicted molar refractivity (Wildman–Crippen MR) is 109 cm³/mol. The summed E-state index contributed by atoms with van der Waals surface area (Å²) < 4.78 is 42.2. The number of aromatic nitrogens is 1. The van der Waals surface area contributed by atoms with E-state index in [-0.39, 0.29) is 10.0 Å². The second-order valence-electron chi connectivity index (χ2n) is 7.12. The molecule has 1 aromatic carbocycles. The molecule has 0 saturated carbocycles. The molecule has 1 N–H and O–H groups in total. The monoisotopic (exact) mass is 426 g/mol. The number of hydrogen-bond donors (Lipinski definition) is 1. The van der Waals surface area contributed by atoms with E-state index < -0.39 is 21.9 Å². The molecule has 1 aliphatic rings. The van der Waals surface area contributed by atoms with Crippen LogP contribution in [-0.4, -0.2) is 51.5 Å². The van der Waals surface area contributed by atoms with E-state index in [9.17, 15) is 12.8 Å². The van der Waals surface area contributed by atoms with Crippen LogP contribution in [0.25, 0.3) is 0 Å². The third kappa shape index (κ3) is 4.63. The maximum absolute atomic E-state index is 14.0. The first-order valence-corrected chi connectivity index (χ1v) is 10.9. The molecule has 1 fully saturated rings. The van der Waals surface area contributed by atoms with Crippen LogP contribution in [0.2, 0.25) is 5.15 Å². The van der Waals surface area contributed by atoms with Crippen molar-refractivity contribution in [1.29, 1.82) is 0 Å². The van der Waals surface area contributed by atoms with Crippen LogP contribution in [0.1, 0.15) is 24.1 Å². The van der Waals surface area contributed by atoms with Gasteiger partial charge >= 0.3 is 0 Å². The molecule has 2 aromatic rings. The Labute approximate surface area is 170 Å². The van der Waals surface area contributed by atoms with E-state index >= 15 is 0 Å². The lowest BCUT2D eigenvalue weighted by Crippen LogP contribution is -2.45. The Morgan fingerprint density at radius 1 is 1.21 bits per heavy atom. The molecule has 28 heavy (non-hydrogen) atoms. The molecular weight excluding hydrogens is 403 g/mol. The minimum absolute atomic E-state index is 0.0267. The molecule has 1 aromatic heterocycles. The highest BCUT2D eigenvalue weighted by Gasteiger charge is 2.24. The fraction of sp³-hybridized carbons (Fsp3) is 0.421. The number of hydrogen-bond acceptors (Lipinski definition) is 5. The Morgan fingerprint density at radius 3 is 2.54 bits per heavy atom. The summed E-state index contributed by atoms with van der Waals surface area (Å²) in [6.45, 7) is 6.79. The van der Waals surface area contributed by atoms with Crippen LogP contribution in [-0.2, 0) is 10.0 Å². The molecule has 0 amide bonds. The van der Waals surface area contributed by atoms with Crippen molar-refractivity contribution < 1.29 is 12.8 Å². The zero-order valence-electron chi connectivity index (χ0n) is 16.1. The van der Waals surface area contributed by atoms with Crippen LogP contribution >= 0.6 is 11.6 Å². The molecule has 6 nitrogen and oxygen atoms in total. The van der Waals surface area contributed by atoms with Crippen LogP contribution in [0.5, 0.6) is 0 Å². The lowest BCUT2D eigenvalue weighted by atomic mass is 10.0. The lowest BCUT2D eigenvalue weighted by molar-refractivity contribution is 0.312. The van der Waals surface area contributed by atoms with Crippen molar-refractivity contribution in [3.63, 3.8) is 0 Å². The number of anilines is 1. The van der Waals surface area contributed by atoms with Gasteiger partial charge in [-0.1, -0.05) is 11.6 Å². The molecule has 0 aliphatic carbocycles. The maximum atomic E-state index is 14.0. The number of pyridine rings is 1. The SMILES string of the molecule is Cc1cc(S(=O)(=O)NC(C)c2cc(F)ccc2N2CCN(C)CC2)cnc1Cl. The van der Waals surface area contributed by atoms with Crippen LogP contribution < -0.4 is 9.62 Å². The van der Waals surface area contributed by atoms with Crippen molar-refractivity contribution in [2.75, 3.05) is 38.1 Å². The van der Waals surface area contributed by atoms with Crippen molar-refractivity contribution in [3.8, 4) is 0 Å². The van der Waals surface area contributed by atoms with Crippen LogP contribution in [0.15, 0.2) is 35.4 Å². The number of piperazine rings is 1. The second kappa shape index (κ2) is 8.32. The van der Waals surface area contributed by atoms with E-state index in [0.717, 1.165) is 31.9 Å². The predicted octanol–water partition coefficient (Wildman–Crippen LogP) is 2.97. The molecule has 1 saturated heterocycles. The highest BCUT2D eigenvalue weighted by molar-refractivity contribution is 7.89. The standard InChI is InChI=1S/C19H24ClFN4O2S/c1-13-10-16(12-22-19(13)20)28(26,27)23-14(2)17-11-15(21)4-5-18(17)25-8-6-24(3)7-9-25/h4-5,10-12,14,23H,6-9H2,1-3H3. The summed E-state index contributed by atoms with van der Waals surface area (Å²) >= 11 is 5.89. The molecule has 1 unspecified atom stereocenters. The fourth-order valence-corrected chi connectivity index (χ4v) is 4.61. The van der Waals surface area contributed by atoms with Crippen LogP contribution in [0.3, 0.4) is 0 Å². The number of sulfonamides is 1. The zero-order valence-corrected chi connectivity index (χ0v) is 17.7. The molecule has 0 bridgehead atoms. The van der Waals surface area contributed by atoms with Gasteiger partial charge in [0.25, 0.3) is 0 Å². The average molecular weight is 427 g/mol. The topological polar surface area (TPSA) is 65.5 Å². The Balaban J connectivity index is 1.88. The van der Waals surface area contributed by atoms with E-state index in [2.05, 4.69) is 26.6 Å². The van der Waals surface area contributed by atoms with Crippen LogP contribution in [0, 0.1) is 12.7 Å². The van der Waals surface area contributed by atoms with Crippen molar-refractivity contribution in [2.24, 2.45) is 0 Å². The average Bonchev–Trinajstić information content (AvgIpc) is 2.64. The highest BCUT2D eigenvalue weighted by Crippen LogP contribution is 2.29. The number of nitrogens with zero attached hydrogens (tertiary/aromatic N) is 3. The largest absolute Gasteiger partial charge is 0.369 e. The number of aryl methyl sites for hydroxylation is 1. The number of halogens is 2. The Morgan fingerprint density at radius 2 is 1.89 bits per heavy atom. The van der Waals surface area contributed by atoms with Gasteiger partial charge in [-0.3, -0.25) is 0 Å². The summed E-state index contributed by atoms with van der Waals surface area (Å²) in [5, 5.41) is 0.259. The summed E-state index contributed by atoms with van der Waals surface area (Å²) in [4.78, 5) is 8.32. The number of nitrogens with one attached hydrogen (secondary N) is 1. The van der Waals surface area contributed by atoms with Crippen molar-refractivity contribution in [2.45, 2.75) is 24.8 Å². The van der Waals surface area contributed by atoms with Gasteiger partial charge in [-0.05, 0) is 56.3 Å². The van der Waals surface area contributed by atoms with Crippen molar-refractivity contribution in [1.82, 2.24) is 14.6 Å². The minimum atomic E-state index is -3.84. The first-order valence-electron chi connectivity index (χ1n) is 9.05. The van der Waals surface area contributed by atoms with Crippen molar-refractivity contribution in [3.05, 3.63) is 52.6 Å². The molecular formula is C19H24ClFN4O2S. The van der Waals surface area contributed by atoms with Gasteiger partial charge < -0.3 is 9.80 Å². The highest BCUT2D eigenvalue weighted by atomic mass is 35.5. The summed E-state index contributed by atoms with van der Waals surface area (Å²) in [5.74, 6) is -0.400. The molecule has 152 valence electrons. The zero-order chi connectivity index (χ0) is 20.5. The van der Waals surface area contributed by atoms with E-state index in [1.54, 1.807) is 19.9 Å². The molecule has 2 heterocycles. The first kappa shape index (κ1) is 21.0. The summed E-state index contributed by atoms with van der Waals surface area (Å²) in [5.41, 5.74) is 2.02. The van der Waals surface area contributed by atoms with Gasteiger partial charge in [-0.15, -0.1) is 0 Å². The number of rotatable bonds is 5. The van der Waals surface area contributed by atoms with E-state index in [0.29, 0.717) is 11.1 Å². The summed E-state index contributed by atoms with van der Waals surface area (Å²) in [6, 6.07) is 5.37. The Bertz CT molecular complexity index is 962. The smallest absolute Gasteiger partial charge is 0.242 e. The molecule has 0 radical (unpaired) electrons. The normalized spacial score (nSPS) is 17.0. The summed E-state index contributed by atoms with van der Waals surface area (Å²) in [6.07, 6.45) is 1.22. The molecule has 1 atom stereocenters. The minimum Gasteiger partial charge on any atom is -0.369 e. The van der Waals surface area contributed by atoms with E-state index in [4.69, 9.17) is 11.6 Å². The van der Waals surface area contributed by atoms with Gasteiger partial charge in [0.15, 0.2) is 0 Å². The molecule has 9 heteroatoms. The van der Waals surface area contributed by atoms with E-state index in [1.807, 2.05) is 0 Å². The maximum Gasteiger partial charge on any atom is 0.242 e. The van der Waals surface area contributed by atoms with Gasteiger partial charge in [0.05, 0.1) is 0 Å². The van der Waals surface area contributed by atoms with E-state index in [1.165, 1.54) is 24.4 Å². The van der Waals surface area contributed by atoms with Gasteiger partial charge in [0.1, 0.15) is 15.9 Å². The lowest BCUT2D eigenvalue weighted by Gasteiger charge is -2.36. The van der Waals surface area contributed by atoms with Crippen LogP contribution in [0.4, 0.5) is 10.1 Å². The van der Waals surface area contributed by atoms with Gasteiger partial charge in [0.2, 0.25) is 10.0 Å². The molecule has 1 aliphatic heterocycles. The van der Waals surface area contributed by atoms with Crippen molar-refractivity contribution >= 4 is 27.3 Å². The number of likely N-dealkylation sites (N-methyl/N-ethyl adjacent to an activating group) is 1. The fourth-order valence-electron chi connectivity index (χ4n) is 3.25. The first-order chi connectivity index (χ1) is 13.2. The molecule has 3 rings (SSSR count). The third-order valence-electron chi connectivity index (χ3n) is 4.93. The third-order valence-corrected chi connectivity index (χ3v) is 6.83. The van der Waals surface area contributed by atoms with Gasteiger partial charge in [-0.25, -0.2) is 22.5 Å². The van der Waals surface area contributed by atoms with Gasteiger partial charge in [-0.2, -0.15) is 0 Å². The second-order valence-corrected chi connectivity index (χ2v) is 9.19. The number of benzene rings is 1. The quantitative estimate of drug-likeness (QED) is 0.744. The van der Waals surface area contributed by atoms with Gasteiger partial charge in [0, 0.05) is 44.1 Å².